The molecule has 1 atom stereocenters. The Morgan fingerprint density at radius 2 is 2.30 bits per heavy atom. The summed E-state index contributed by atoms with van der Waals surface area (Å²) < 4.78 is 1.12. The molecule has 1 aromatic carbocycles. The van der Waals surface area contributed by atoms with E-state index in [1.165, 1.54) is 5.69 Å². The Labute approximate surface area is 71.2 Å². The lowest BCUT2D eigenvalue weighted by Gasteiger charge is -2.01. The standard InChI is InChI=1S/C7H9BrNP/c1-10-9-7-4-2-3-6(8)5-7/h2-5,9-10H,1H3. The number of rotatable bonds is 2. The number of halogens is 1. The zero-order valence-corrected chi connectivity index (χ0v) is 8.27. The molecule has 0 fully saturated rings. The maximum absolute atomic E-state index is 3.40. The quantitative estimate of drug-likeness (QED) is 0.752. The number of benzene rings is 1. The lowest BCUT2D eigenvalue weighted by Crippen LogP contribution is -1.80. The average Bonchev–Trinajstić information content (AvgIpc) is 1.88. The molecule has 0 radical (unpaired) electrons. The van der Waals surface area contributed by atoms with Crippen LogP contribution in [0, 0.1) is 0 Å². The van der Waals surface area contributed by atoms with E-state index < -0.39 is 0 Å². The summed E-state index contributed by atoms with van der Waals surface area (Å²) in [6, 6.07) is 8.16. The van der Waals surface area contributed by atoms with E-state index in [0.29, 0.717) is 0 Å². The third-order valence-electron chi connectivity index (χ3n) is 1.09. The van der Waals surface area contributed by atoms with Gasteiger partial charge in [0.05, 0.1) is 0 Å². The fraction of sp³-hybridized carbons (Fsp3) is 0.143. The molecule has 0 saturated carbocycles. The maximum Gasteiger partial charge on any atom is 0.0381 e. The van der Waals surface area contributed by atoms with Crippen molar-refractivity contribution < 1.29 is 0 Å². The Morgan fingerprint density at radius 3 is 2.90 bits per heavy atom. The van der Waals surface area contributed by atoms with Crippen LogP contribution < -0.4 is 5.09 Å². The highest BCUT2D eigenvalue weighted by molar-refractivity contribution is 9.10. The van der Waals surface area contributed by atoms with Gasteiger partial charge in [0.1, 0.15) is 0 Å². The van der Waals surface area contributed by atoms with Crippen LogP contribution in [-0.2, 0) is 0 Å². The van der Waals surface area contributed by atoms with E-state index in [1.54, 1.807) is 0 Å². The van der Waals surface area contributed by atoms with Gasteiger partial charge >= 0.3 is 0 Å². The molecule has 0 aliphatic carbocycles. The van der Waals surface area contributed by atoms with Crippen molar-refractivity contribution in [1.29, 1.82) is 0 Å². The highest BCUT2D eigenvalue weighted by Gasteiger charge is 1.88. The minimum atomic E-state index is 0.761. The molecule has 3 heteroatoms. The molecule has 1 unspecified atom stereocenters. The van der Waals surface area contributed by atoms with E-state index in [1.807, 2.05) is 12.1 Å². The third-order valence-corrected chi connectivity index (χ3v) is 2.13. The van der Waals surface area contributed by atoms with Crippen LogP contribution in [0.3, 0.4) is 0 Å². The summed E-state index contributed by atoms with van der Waals surface area (Å²) in [6.07, 6.45) is 0. The first-order chi connectivity index (χ1) is 4.83. The van der Waals surface area contributed by atoms with Crippen LogP contribution in [-0.4, -0.2) is 6.66 Å². The summed E-state index contributed by atoms with van der Waals surface area (Å²) in [5.41, 5.74) is 1.18. The first kappa shape index (κ1) is 8.03. The summed E-state index contributed by atoms with van der Waals surface area (Å²) in [5.74, 6) is 0. The van der Waals surface area contributed by atoms with Crippen LogP contribution in [0.1, 0.15) is 0 Å². The first-order valence-corrected chi connectivity index (χ1v) is 5.30. The molecular weight excluding hydrogens is 209 g/mol. The molecule has 54 valence electrons. The smallest absolute Gasteiger partial charge is 0.0381 e. The van der Waals surface area contributed by atoms with E-state index in [0.717, 1.165) is 13.2 Å². The molecule has 0 aromatic heterocycles. The lowest BCUT2D eigenvalue weighted by atomic mass is 10.3. The Morgan fingerprint density at radius 1 is 1.50 bits per heavy atom. The van der Waals surface area contributed by atoms with Gasteiger partial charge in [0.25, 0.3) is 0 Å². The second-order valence-corrected chi connectivity index (χ2v) is 3.55. The van der Waals surface area contributed by atoms with Crippen molar-refractivity contribution in [3.63, 3.8) is 0 Å². The summed E-state index contributed by atoms with van der Waals surface area (Å²) in [7, 11) is 0.761. The number of hydrogen-bond acceptors (Lipinski definition) is 1. The molecule has 1 N–H and O–H groups in total. The Bertz CT molecular complexity index is 215. The van der Waals surface area contributed by atoms with Crippen LogP contribution in [0.2, 0.25) is 0 Å². The largest absolute Gasteiger partial charge is 0.367 e. The molecule has 1 nitrogen and oxygen atoms in total. The first-order valence-electron chi connectivity index (χ1n) is 3.01. The van der Waals surface area contributed by atoms with Gasteiger partial charge in [-0.1, -0.05) is 22.0 Å². The van der Waals surface area contributed by atoms with Crippen molar-refractivity contribution in [3.05, 3.63) is 28.7 Å². The minimum Gasteiger partial charge on any atom is -0.367 e. The van der Waals surface area contributed by atoms with E-state index in [2.05, 4.69) is 39.8 Å². The fourth-order valence-corrected chi connectivity index (χ4v) is 1.55. The molecular formula is C7H9BrNP. The van der Waals surface area contributed by atoms with Crippen LogP contribution in [0.25, 0.3) is 0 Å². The normalized spacial score (nSPS) is 10.6. The number of nitrogens with one attached hydrogen (secondary N) is 1. The van der Waals surface area contributed by atoms with Crippen molar-refractivity contribution in [2.24, 2.45) is 0 Å². The van der Waals surface area contributed by atoms with Crippen molar-refractivity contribution in [3.8, 4) is 0 Å². The van der Waals surface area contributed by atoms with Gasteiger partial charge in [-0.15, -0.1) is 0 Å². The van der Waals surface area contributed by atoms with Crippen molar-refractivity contribution in [2.45, 2.75) is 0 Å². The summed E-state index contributed by atoms with van der Waals surface area (Å²) in [4.78, 5) is 0. The lowest BCUT2D eigenvalue weighted by molar-refractivity contribution is 1.63. The molecule has 10 heavy (non-hydrogen) atoms. The molecule has 0 heterocycles. The second-order valence-electron chi connectivity index (χ2n) is 1.89. The molecule has 0 aliphatic rings. The van der Waals surface area contributed by atoms with Gasteiger partial charge < -0.3 is 5.09 Å². The van der Waals surface area contributed by atoms with E-state index in [9.17, 15) is 0 Å². The molecule has 1 rings (SSSR count). The zero-order valence-electron chi connectivity index (χ0n) is 5.69. The van der Waals surface area contributed by atoms with E-state index >= 15 is 0 Å². The molecule has 0 aliphatic heterocycles. The predicted octanol–water partition coefficient (Wildman–Crippen LogP) is 3.08. The molecule has 1 aromatic rings. The van der Waals surface area contributed by atoms with Crippen LogP contribution in [0.15, 0.2) is 28.7 Å². The van der Waals surface area contributed by atoms with Crippen LogP contribution in [0.4, 0.5) is 5.69 Å². The summed E-state index contributed by atoms with van der Waals surface area (Å²) in [6.45, 7) is 2.11. The highest BCUT2D eigenvalue weighted by Crippen LogP contribution is 2.18. The van der Waals surface area contributed by atoms with Gasteiger partial charge in [-0.3, -0.25) is 0 Å². The van der Waals surface area contributed by atoms with Gasteiger partial charge in [-0.25, -0.2) is 0 Å². The van der Waals surface area contributed by atoms with Gasteiger partial charge in [0.15, 0.2) is 0 Å². The number of hydrogen-bond donors (Lipinski definition) is 1. The van der Waals surface area contributed by atoms with Crippen LogP contribution in [0.5, 0.6) is 0 Å². The van der Waals surface area contributed by atoms with Gasteiger partial charge in [-0.05, 0) is 33.6 Å². The molecule has 0 bridgehead atoms. The van der Waals surface area contributed by atoms with Crippen molar-refractivity contribution in [1.82, 2.24) is 0 Å². The fourth-order valence-electron chi connectivity index (χ4n) is 0.711. The van der Waals surface area contributed by atoms with Gasteiger partial charge in [0, 0.05) is 10.2 Å². The van der Waals surface area contributed by atoms with E-state index in [-0.39, 0.29) is 0 Å². The second kappa shape index (κ2) is 3.95. The number of anilines is 1. The van der Waals surface area contributed by atoms with Gasteiger partial charge in [-0.2, -0.15) is 0 Å². The molecule has 0 spiro atoms. The predicted molar refractivity (Wildman–Crippen MR) is 52.0 cm³/mol. The monoisotopic (exact) mass is 217 g/mol. The summed E-state index contributed by atoms with van der Waals surface area (Å²) >= 11 is 3.40. The Balaban J connectivity index is 2.75. The topological polar surface area (TPSA) is 12.0 Å². The Kier molecular flexibility index (Phi) is 3.17. The average molecular weight is 218 g/mol. The van der Waals surface area contributed by atoms with Crippen LogP contribution >= 0.6 is 24.7 Å². The maximum atomic E-state index is 3.40. The third kappa shape index (κ3) is 2.28. The molecule has 0 saturated heterocycles. The van der Waals surface area contributed by atoms with Gasteiger partial charge in [0.2, 0.25) is 0 Å². The van der Waals surface area contributed by atoms with E-state index in [4.69, 9.17) is 0 Å². The van der Waals surface area contributed by atoms with Crippen molar-refractivity contribution in [2.75, 3.05) is 11.8 Å². The zero-order chi connectivity index (χ0) is 7.40. The highest BCUT2D eigenvalue weighted by atomic mass is 79.9. The molecule has 0 amide bonds. The summed E-state index contributed by atoms with van der Waals surface area (Å²) in [5, 5.41) is 3.25. The SMILES string of the molecule is CPNc1cccc(Br)c1. The minimum absolute atomic E-state index is 0.761. The Hall–Kier alpha value is -0.0700. The van der Waals surface area contributed by atoms with Crippen molar-refractivity contribution >= 4 is 30.3 Å².